The summed E-state index contributed by atoms with van der Waals surface area (Å²) in [6, 6.07) is 7.89. The van der Waals surface area contributed by atoms with Gasteiger partial charge < -0.3 is 0 Å². The Morgan fingerprint density at radius 2 is 2.12 bits per heavy atom. The molecule has 0 N–H and O–H groups in total. The molecule has 16 heavy (non-hydrogen) atoms. The van der Waals surface area contributed by atoms with Crippen molar-refractivity contribution in [3.8, 4) is 5.69 Å². The fourth-order valence-electron chi connectivity index (χ4n) is 1.64. The van der Waals surface area contributed by atoms with Crippen LogP contribution in [-0.2, 0) is 0 Å². The number of hydrogen-bond acceptors (Lipinski definition) is 3. The van der Waals surface area contributed by atoms with E-state index in [0.29, 0.717) is 0 Å². The van der Waals surface area contributed by atoms with Crippen LogP contribution >= 0.6 is 15.9 Å². The van der Waals surface area contributed by atoms with Crippen molar-refractivity contribution in [2.24, 2.45) is 0 Å². The first-order valence-corrected chi connectivity index (χ1v) is 5.53. The summed E-state index contributed by atoms with van der Waals surface area (Å²) in [7, 11) is 0. The van der Waals surface area contributed by atoms with Gasteiger partial charge in [0, 0.05) is 16.1 Å². The van der Waals surface area contributed by atoms with Gasteiger partial charge in [0.2, 0.25) is 0 Å². The van der Waals surface area contributed by atoms with E-state index >= 15 is 0 Å². The summed E-state index contributed by atoms with van der Waals surface area (Å²) in [6.07, 6.45) is 4.97. The molecule has 0 fully saturated rings. The van der Waals surface area contributed by atoms with Crippen molar-refractivity contribution in [1.29, 1.82) is 0 Å². The summed E-state index contributed by atoms with van der Waals surface area (Å²) >= 11 is 3.46. The SMILES string of the molecule is Brc1ccc2nccc(-n3cncn3)c2c1. The van der Waals surface area contributed by atoms with Crippen LogP contribution in [0.2, 0.25) is 0 Å². The van der Waals surface area contributed by atoms with Crippen LogP contribution in [0.4, 0.5) is 0 Å². The molecule has 2 aromatic heterocycles. The lowest BCUT2D eigenvalue weighted by atomic mass is 10.2. The van der Waals surface area contributed by atoms with E-state index in [-0.39, 0.29) is 0 Å². The minimum absolute atomic E-state index is 0.941. The van der Waals surface area contributed by atoms with Crippen LogP contribution in [0, 0.1) is 0 Å². The van der Waals surface area contributed by atoms with Crippen molar-refractivity contribution >= 4 is 26.8 Å². The van der Waals surface area contributed by atoms with E-state index in [4.69, 9.17) is 0 Å². The Bertz CT molecular complexity index is 634. The van der Waals surface area contributed by atoms with Crippen molar-refractivity contribution in [3.05, 3.63) is 47.6 Å². The molecule has 0 aliphatic heterocycles. The molecule has 0 radical (unpaired) electrons. The average molecular weight is 275 g/mol. The molecule has 4 nitrogen and oxygen atoms in total. The molecule has 78 valence electrons. The Morgan fingerprint density at radius 3 is 2.94 bits per heavy atom. The first-order valence-electron chi connectivity index (χ1n) is 4.74. The molecule has 2 heterocycles. The zero-order chi connectivity index (χ0) is 11.0. The normalized spacial score (nSPS) is 10.8. The largest absolute Gasteiger partial charge is 0.256 e. The van der Waals surface area contributed by atoms with Gasteiger partial charge in [-0.05, 0) is 24.3 Å². The maximum absolute atomic E-state index is 4.31. The first-order chi connectivity index (χ1) is 7.84. The van der Waals surface area contributed by atoms with Gasteiger partial charge in [0.05, 0.1) is 11.2 Å². The molecule has 0 aliphatic carbocycles. The number of rotatable bonds is 1. The summed E-state index contributed by atoms with van der Waals surface area (Å²) < 4.78 is 2.76. The van der Waals surface area contributed by atoms with Gasteiger partial charge in [0.1, 0.15) is 12.7 Å². The standard InChI is InChI=1S/C11H7BrN4/c12-8-1-2-10-9(5-8)11(3-4-14-10)16-7-13-6-15-16/h1-7H. The van der Waals surface area contributed by atoms with Crippen molar-refractivity contribution in [1.82, 2.24) is 19.7 Å². The maximum Gasteiger partial charge on any atom is 0.138 e. The number of nitrogens with zero attached hydrogens (tertiary/aromatic N) is 4. The van der Waals surface area contributed by atoms with Gasteiger partial charge in [-0.2, -0.15) is 5.10 Å². The maximum atomic E-state index is 4.31. The van der Waals surface area contributed by atoms with Crippen molar-refractivity contribution < 1.29 is 0 Å². The van der Waals surface area contributed by atoms with E-state index in [0.717, 1.165) is 21.1 Å². The van der Waals surface area contributed by atoms with E-state index in [1.807, 2.05) is 24.3 Å². The minimum atomic E-state index is 0.941. The molecule has 0 bridgehead atoms. The average Bonchev–Trinajstić information content (AvgIpc) is 2.81. The van der Waals surface area contributed by atoms with Crippen molar-refractivity contribution in [3.63, 3.8) is 0 Å². The molecule has 3 aromatic rings. The van der Waals surface area contributed by atoms with Gasteiger partial charge in [0.25, 0.3) is 0 Å². The lowest BCUT2D eigenvalue weighted by Gasteiger charge is -2.05. The Hall–Kier alpha value is -1.75. The molecule has 0 spiro atoms. The third-order valence-corrected chi connectivity index (χ3v) is 2.84. The van der Waals surface area contributed by atoms with Crippen LogP contribution in [0.3, 0.4) is 0 Å². The van der Waals surface area contributed by atoms with E-state index < -0.39 is 0 Å². The van der Waals surface area contributed by atoms with Crippen LogP contribution in [0.25, 0.3) is 16.6 Å². The fourth-order valence-corrected chi connectivity index (χ4v) is 2.00. The highest BCUT2D eigenvalue weighted by molar-refractivity contribution is 9.10. The summed E-state index contributed by atoms with van der Waals surface area (Å²) in [6.45, 7) is 0. The van der Waals surface area contributed by atoms with Crippen LogP contribution in [0.1, 0.15) is 0 Å². The Morgan fingerprint density at radius 1 is 1.19 bits per heavy atom. The van der Waals surface area contributed by atoms with Gasteiger partial charge in [-0.25, -0.2) is 9.67 Å². The van der Waals surface area contributed by atoms with E-state index in [1.165, 1.54) is 6.33 Å². The smallest absolute Gasteiger partial charge is 0.138 e. The molecular weight excluding hydrogens is 268 g/mol. The monoisotopic (exact) mass is 274 g/mol. The first kappa shape index (κ1) is 9.47. The van der Waals surface area contributed by atoms with Gasteiger partial charge in [0.15, 0.2) is 0 Å². The zero-order valence-corrected chi connectivity index (χ0v) is 9.79. The minimum Gasteiger partial charge on any atom is -0.256 e. The van der Waals surface area contributed by atoms with E-state index in [9.17, 15) is 0 Å². The van der Waals surface area contributed by atoms with E-state index in [2.05, 4.69) is 31.0 Å². The topological polar surface area (TPSA) is 43.6 Å². The van der Waals surface area contributed by atoms with Gasteiger partial charge >= 0.3 is 0 Å². The summed E-state index contributed by atoms with van der Waals surface area (Å²) in [5, 5.41) is 5.17. The molecule has 5 heteroatoms. The van der Waals surface area contributed by atoms with Crippen molar-refractivity contribution in [2.75, 3.05) is 0 Å². The fraction of sp³-hybridized carbons (Fsp3) is 0. The third kappa shape index (κ3) is 1.49. The van der Waals surface area contributed by atoms with Crippen LogP contribution in [0.5, 0.6) is 0 Å². The molecule has 0 aliphatic rings. The number of fused-ring (bicyclic) bond motifs is 1. The molecule has 0 unspecified atom stereocenters. The second-order valence-electron chi connectivity index (χ2n) is 3.33. The number of benzene rings is 1. The molecular formula is C11H7BrN4. The molecule has 0 atom stereocenters. The highest BCUT2D eigenvalue weighted by atomic mass is 79.9. The second-order valence-corrected chi connectivity index (χ2v) is 4.25. The Kier molecular flexibility index (Phi) is 2.18. The molecule has 0 amide bonds. The van der Waals surface area contributed by atoms with Crippen molar-refractivity contribution in [2.45, 2.75) is 0 Å². The molecule has 0 saturated heterocycles. The Balaban J connectivity index is 2.36. The van der Waals surface area contributed by atoms with Crippen LogP contribution in [0.15, 0.2) is 47.6 Å². The number of pyridine rings is 1. The highest BCUT2D eigenvalue weighted by Crippen LogP contribution is 2.23. The van der Waals surface area contributed by atoms with Gasteiger partial charge in [-0.3, -0.25) is 4.98 Å². The Labute approximate surface area is 100 Å². The predicted molar refractivity (Wildman–Crippen MR) is 64.4 cm³/mol. The quantitative estimate of drug-likeness (QED) is 0.685. The molecule has 0 saturated carbocycles. The summed E-state index contributed by atoms with van der Waals surface area (Å²) in [5.74, 6) is 0. The summed E-state index contributed by atoms with van der Waals surface area (Å²) in [4.78, 5) is 8.26. The molecule has 1 aromatic carbocycles. The lowest BCUT2D eigenvalue weighted by Crippen LogP contribution is -1.96. The predicted octanol–water partition coefficient (Wildman–Crippen LogP) is 2.58. The van der Waals surface area contributed by atoms with Crippen LogP contribution in [-0.4, -0.2) is 19.7 Å². The van der Waals surface area contributed by atoms with E-state index in [1.54, 1.807) is 17.2 Å². The van der Waals surface area contributed by atoms with Gasteiger partial charge in [-0.1, -0.05) is 15.9 Å². The zero-order valence-electron chi connectivity index (χ0n) is 8.21. The highest BCUT2D eigenvalue weighted by Gasteiger charge is 2.04. The lowest BCUT2D eigenvalue weighted by molar-refractivity contribution is 0.884. The third-order valence-electron chi connectivity index (χ3n) is 2.35. The second kappa shape index (κ2) is 3.68. The number of hydrogen-bond donors (Lipinski definition) is 0. The number of aromatic nitrogens is 4. The molecule has 3 rings (SSSR count). The van der Waals surface area contributed by atoms with Gasteiger partial charge in [-0.15, -0.1) is 0 Å². The number of halogens is 1. The summed E-state index contributed by atoms with van der Waals surface area (Å²) in [5.41, 5.74) is 1.92. The van der Waals surface area contributed by atoms with Crippen LogP contribution < -0.4 is 0 Å².